The average Bonchev–Trinajstić information content (AvgIpc) is 3.32. The zero-order valence-electron chi connectivity index (χ0n) is 20.7. The molecule has 0 fully saturated rings. The number of methoxy groups -OCH3 is 1. The lowest BCUT2D eigenvalue weighted by molar-refractivity contribution is -0.118. The number of hydrazone groups is 1. The molecule has 9 heteroatoms. The van der Waals surface area contributed by atoms with Crippen molar-refractivity contribution in [2.45, 2.75) is 12.1 Å². The number of aromatic nitrogens is 3. The van der Waals surface area contributed by atoms with Crippen molar-refractivity contribution in [2.24, 2.45) is 5.10 Å². The van der Waals surface area contributed by atoms with Gasteiger partial charge in [0, 0.05) is 31.0 Å². The topological polar surface area (TPSA) is 84.6 Å². The van der Waals surface area contributed by atoms with Crippen LogP contribution in [0.4, 0.5) is 5.69 Å². The summed E-state index contributed by atoms with van der Waals surface area (Å²) in [5.74, 6) is 1.36. The fourth-order valence-corrected chi connectivity index (χ4v) is 4.16. The third-order valence-corrected chi connectivity index (χ3v) is 6.35. The third-order valence-electron chi connectivity index (χ3n) is 5.42. The van der Waals surface area contributed by atoms with E-state index in [1.165, 1.54) is 11.8 Å². The molecule has 4 rings (SSSR count). The summed E-state index contributed by atoms with van der Waals surface area (Å²) in [5, 5.41) is 13.5. The molecule has 0 bridgehead atoms. The number of thioether (sulfide) groups is 1. The van der Waals surface area contributed by atoms with Crippen molar-refractivity contribution in [3.05, 3.63) is 83.9 Å². The molecular weight excluding hydrogens is 472 g/mol. The van der Waals surface area contributed by atoms with Gasteiger partial charge in [-0.25, -0.2) is 5.43 Å². The van der Waals surface area contributed by atoms with E-state index in [-0.39, 0.29) is 11.7 Å². The number of hydrogen-bond donors (Lipinski definition) is 1. The van der Waals surface area contributed by atoms with Gasteiger partial charge in [-0.1, -0.05) is 53.7 Å². The van der Waals surface area contributed by atoms with Crippen molar-refractivity contribution < 1.29 is 9.53 Å². The molecule has 4 aromatic rings. The molecule has 0 aliphatic rings. The number of hydrogen-bond acceptors (Lipinski definition) is 7. The van der Waals surface area contributed by atoms with E-state index >= 15 is 0 Å². The fourth-order valence-electron chi connectivity index (χ4n) is 3.42. The molecule has 0 spiro atoms. The monoisotopic (exact) mass is 500 g/mol. The van der Waals surface area contributed by atoms with E-state index < -0.39 is 0 Å². The van der Waals surface area contributed by atoms with Crippen LogP contribution in [0.15, 0.2) is 83.1 Å². The number of amides is 1. The quantitative estimate of drug-likeness (QED) is 0.206. The normalized spacial score (nSPS) is 11.0. The molecule has 0 atom stereocenters. The lowest BCUT2D eigenvalue weighted by atomic mass is 10.1. The van der Waals surface area contributed by atoms with Gasteiger partial charge in [-0.2, -0.15) is 5.10 Å². The first-order valence-electron chi connectivity index (χ1n) is 11.3. The number of carbonyl (C=O) groups excluding carboxylic acids is 1. The van der Waals surface area contributed by atoms with Crippen LogP contribution in [-0.4, -0.2) is 53.8 Å². The Morgan fingerprint density at radius 1 is 1.03 bits per heavy atom. The number of anilines is 1. The van der Waals surface area contributed by atoms with E-state index in [4.69, 9.17) is 4.74 Å². The number of nitrogens with one attached hydrogen (secondary N) is 1. The van der Waals surface area contributed by atoms with Gasteiger partial charge in [0.1, 0.15) is 5.75 Å². The minimum absolute atomic E-state index is 0.138. The second-order valence-electron chi connectivity index (χ2n) is 8.27. The van der Waals surface area contributed by atoms with Crippen molar-refractivity contribution >= 4 is 29.6 Å². The number of rotatable bonds is 9. The first kappa shape index (κ1) is 25.0. The second kappa shape index (κ2) is 11.5. The zero-order chi connectivity index (χ0) is 25.5. The van der Waals surface area contributed by atoms with Crippen molar-refractivity contribution in [1.82, 2.24) is 20.2 Å². The SMILES string of the molecule is COc1ccc(-n2c(SCC(=O)N/N=C/c3ccc(N(C)C)cc3)nnc2-c2ccc(C)cc2)cc1. The van der Waals surface area contributed by atoms with Crippen LogP contribution in [0.1, 0.15) is 11.1 Å². The van der Waals surface area contributed by atoms with Gasteiger partial charge < -0.3 is 9.64 Å². The highest BCUT2D eigenvalue weighted by atomic mass is 32.2. The van der Waals surface area contributed by atoms with Crippen molar-refractivity contribution in [1.29, 1.82) is 0 Å². The average molecular weight is 501 g/mol. The molecule has 0 aliphatic heterocycles. The fraction of sp³-hybridized carbons (Fsp3) is 0.185. The Kier molecular flexibility index (Phi) is 8.02. The van der Waals surface area contributed by atoms with E-state index in [0.717, 1.165) is 33.8 Å². The molecule has 0 saturated heterocycles. The van der Waals surface area contributed by atoms with E-state index in [1.807, 2.05) is 103 Å². The minimum atomic E-state index is -0.234. The summed E-state index contributed by atoms with van der Waals surface area (Å²) in [6.45, 7) is 2.04. The Morgan fingerprint density at radius 2 is 1.72 bits per heavy atom. The van der Waals surface area contributed by atoms with Gasteiger partial charge in [0.2, 0.25) is 0 Å². The maximum atomic E-state index is 12.5. The van der Waals surface area contributed by atoms with E-state index in [1.54, 1.807) is 13.3 Å². The molecule has 1 amide bonds. The Balaban J connectivity index is 1.48. The molecule has 0 saturated carbocycles. The summed E-state index contributed by atoms with van der Waals surface area (Å²) >= 11 is 1.30. The summed E-state index contributed by atoms with van der Waals surface area (Å²) in [6, 6.07) is 23.6. The highest BCUT2D eigenvalue weighted by Gasteiger charge is 2.17. The molecule has 3 aromatic carbocycles. The highest BCUT2D eigenvalue weighted by Crippen LogP contribution is 2.29. The second-order valence-corrected chi connectivity index (χ2v) is 9.22. The number of aryl methyl sites for hydroxylation is 1. The number of ether oxygens (including phenoxy) is 1. The van der Waals surface area contributed by atoms with Crippen LogP contribution in [0, 0.1) is 6.92 Å². The van der Waals surface area contributed by atoms with Crippen LogP contribution in [-0.2, 0) is 4.79 Å². The maximum Gasteiger partial charge on any atom is 0.250 e. The van der Waals surface area contributed by atoms with Crippen LogP contribution < -0.4 is 15.1 Å². The molecule has 1 heterocycles. The van der Waals surface area contributed by atoms with Gasteiger partial charge in [-0.15, -0.1) is 10.2 Å². The third kappa shape index (κ3) is 6.11. The van der Waals surface area contributed by atoms with Crippen molar-refractivity contribution in [2.75, 3.05) is 31.9 Å². The molecule has 36 heavy (non-hydrogen) atoms. The molecule has 0 radical (unpaired) electrons. The van der Waals surface area contributed by atoms with Crippen molar-refractivity contribution in [3.63, 3.8) is 0 Å². The summed E-state index contributed by atoms with van der Waals surface area (Å²) < 4.78 is 7.24. The van der Waals surface area contributed by atoms with Gasteiger partial charge in [0.05, 0.1) is 19.1 Å². The number of carbonyl (C=O) groups is 1. The van der Waals surface area contributed by atoms with Gasteiger partial charge >= 0.3 is 0 Å². The van der Waals surface area contributed by atoms with Gasteiger partial charge in [0.25, 0.3) is 5.91 Å². The Labute approximate surface area is 215 Å². The smallest absolute Gasteiger partial charge is 0.250 e. The molecule has 1 aromatic heterocycles. The maximum absolute atomic E-state index is 12.5. The largest absolute Gasteiger partial charge is 0.497 e. The Hall–Kier alpha value is -4.11. The van der Waals surface area contributed by atoms with E-state index in [9.17, 15) is 4.79 Å². The van der Waals surface area contributed by atoms with E-state index in [0.29, 0.717) is 11.0 Å². The van der Waals surface area contributed by atoms with Crippen LogP contribution in [0.25, 0.3) is 17.1 Å². The predicted octanol–water partition coefficient (Wildman–Crippen LogP) is 4.56. The summed E-state index contributed by atoms with van der Waals surface area (Å²) in [5.41, 5.74) is 7.55. The predicted molar refractivity (Wildman–Crippen MR) is 145 cm³/mol. The van der Waals surface area contributed by atoms with Gasteiger partial charge in [-0.05, 0) is 48.9 Å². The number of nitrogens with zero attached hydrogens (tertiary/aromatic N) is 5. The lowest BCUT2D eigenvalue weighted by Crippen LogP contribution is -2.20. The standard InChI is InChI=1S/C27H28N6O2S/c1-19-5-9-21(10-6-19)26-30-31-27(33(26)23-13-15-24(35-4)16-14-23)36-18-25(34)29-28-17-20-7-11-22(12-8-20)32(2)3/h5-17H,18H2,1-4H3,(H,29,34)/b28-17+. The molecule has 8 nitrogen and oxygen atoms in total. The van der Waals surface area contributed by atoms with Crippen LogP contribution in [0.3, 0.4) is 0 Å². The first-order chi connectivity index (χ1) is 17.4. The van der Waals surface area contributed by atoms with Gasteiger partial charge in [-0.3, -0.25) is 9.36 Å². The van der Waals surface area contributed by atoms with Crippen molar-refractivity contribution in [3.8, 4) is 22.8 Å². The van der Waals surface area contributed by atoms with Crippen LogP contribution >= 0.6 is 11.8 Å². The summed E-state index contributed by atoms with van der Waals surface area (Å²) in [4.78, 5) is 14.5. The first-order valence-corrected chi connectivity index (χ1v) is 12.3. The highest BCUT2D eigenvalue weighted by molar-refractivity contribution is 7.99. The zero-order valence-corrected chi connectivity index (χ0v) is 21.5. The molecule has 0 aliphatic carbocycles. The van der Waals surface area contributed by atoms with E-state index in [2.05, 4.69) is 20.7 Å². The summed E-state index contributed by atoms with van der Waals surface area (Å²) in [7, 11) is 5.60. The van der Waals surface area contributed by atoms with Crippen LogP contribution in [0.5, 0.6) is 5.75 Å². The Morgan fingerprint density at radius 3 is 2.36 bits per heavy atom. The number of benzene rings is 3. The molecule has 0 unspecified atom stereocenters. The molecule has 1 N–H and O–H groups in total. The summed E-state index contributed by atoms with van der Waals surface area (Å²) in [6.07, 6.45) is 1.62. The molecular formula is C27H28N6O2S. The molecule has 184 valence electrons. The van der Waals surface area contributed by atoms with Crippen LogP contribution in [0.2, 0.25) is 0 Å². The van der Waals surface area contributed by atoms with Gasteiger partial charge in [0.15, 0.2) is 11.0 Å². The lowest BCUT2D eigenvalue weighted by Gasteiger charge is -2.11. The Bertz CT molecular complexity index is 1330. The minimum Gasteiger partial charge on any atom is -0.497 e.